The van der Waals surface area contributed by atoms with Gasteiger partial charge in [0.2, 0.25) is 0 Å². The van der Waals surface area contributed by atoms with E-state index in [1.54, 1.807) is 30.0 Å². The molecule has 0 amide bonds. The molecule has 0 atom stereocenters. The van der Waals surface area contributed by atoms with Crippen molar-refractivity contribution in [3.63, 3.8) is 0 Å². The lowest BCUT2D eigenvalue weighted by molar-refractivity contribution is -0.137. The lowest BCUT2D eigenvalue weighted by atomic mass is 10.2. The molecule has 0 radical (unpaired) electrons. The lowest BCUT2D eigenvalue weighted by Gasteiger charge is -2.13. The topological polar surface area (TPSA) is 30.5 Å². The van der Waals surface area contributed by atoms with E-state index in [-0.39, 0.29) is 0 Å². The number of halogens is 4. The van der Waals surface area contributed by atoms with Gasteiger partial charge in [-0.2, -0.15) is 13.2 Å². The Morgan fingerprint density at radius 2 is 1.55 bits per heavy atom. The van der Waals surface area contributed by atoms with Gasteiger partial charge in [0.15, 0.2) is 11.5 Å². The van der Waals surface area contributed by atoms with Gasteiger partial charge in [-0.1, -0.05) is 23.7 Å². The van der Waals surface area contributed by atoms with Crippen molar-refractivity contribution in [3.05, 3.63) is 83.4 Å². The Bertz CT molecular complexity index is 950. The van der Waals surface area contributed by atoms with Crippen LogP contribution < -0.4 is 14.8 Å². The highest BCUT2D eigenvalue weighted by Gasteiger charge is 2.30. The van der Waals surface area contributed by atoms with E-state index in [4.69, 9.17) is 21.1 Å². The van der Waals surface area contributed by atoms with Crippen LogP contribution in [-0.2, 0) is 6.18 Å². The molecule has 3 aromatic rings. The number of thioether (sulfide) groups is 1. The number of benzene rings is 3. The van der Waals surface area contributed by atoms with Crippen LogP contribution in [0.4, 0.5) is 13.2 Å². The Balaban J connectivity index is 1.41. The number of alkyl halides is 3. The van der Waals surface area contributed by atoms with Gasteiger partial charge in [-0.25, -0.2) is 0 Å². The van der Waals surface area contributed by atoms with Crippen LogP contribution in [-0.4, -0.2) is 19.0 Å². The van der Waals surface area contributed by atoms with Crippen molar-refractivity contribution >= 4 is 23.4 Å². The molecule has 31 heavy (non-hydrogen) atoms. The fraction of sp³-hybridized carbons (Fsp3) is 0.217. The molecule has 3 aromatic carbocycles. The third-order valence-electron chi connectivity index (χ3n) is 4.17. The predicted octanol–water partition coefficient (Wildman–Crippen LogP) is 7.26. The maximum absolute atomic E-state index is 12.7. The van der Waals surface area contributed by atoms with Gasteiger partial charge in [0.1, 0.15) is 5.75 Å². The minimum absolute atomic E-state index is 0.310. The highest BCUT2D eigenvalue weighted by Crippen LogP contribution is 2.34. The summed E-state index contributed by atoms with van der Waals surface area (Å²) in [5.41, 5.74) is -0.717. The molecule has 0 heterocycles. The van der Waals surface area contributed by atoms with Crippen molar-refractivity contribution in [2.75, 3.05) is 19.0 Å². The summed E-state index contributed by atoms with van der Waals surface area (Å²) in [6.45, 7) is 1.26. The first-order valence-corrected chi connectivity index (χ1v) is 10.9. The van der Waals surface area contributed by atoms with Crippen molar-refractivity contribution in [2.45, 2.75) is 17.5 Å². The van der Waals surface area contributed by atoms with Gasteiger partial charge < -0.3 is 14.8 Å². The molecule has 0 aliphatic rings. The largest absolute Gasteiger partial charge is 0.490 e. The monoisotopic (exact) mass is 467 g/mol. The molecular weight excluding hydrogens is 447 g/mol. The van der Waals surface area contributed by atoms with Gasteiger partial charge in [0.05, 0.1) is 12.2 Å². The predicted molar refractivity (Wildman–Crippen MR) is 118 cm³/mol. The third kappa shape index (κ3) is 7.69. The molecule has 0 aliphatic heterocycles. The Kier molecular flexibility index (Phi) is 8.51. The van der Waals surface area contributed by atoms with Gasteiger partial charge in [0.25, 0.3) is 0 Å². The highest BCUT2D eigenvalue weighted by molar-refractivity contribution is 7.99. The summed E-state index contributed by atoms with van der Waals surface area (Å²) in [5, 5.41) is 4.05. The number of hydrogen-bond donors (Lipinski definition) is 1. The van der Waals surface area contributed by atoms with Gasteiger partial charge in [-0.05, 0) is 73.6 Å². The number of rotatable bonds is 10. The minimum atomic E-state index is -4.37. The SMILES string of the molecule is FC(F)(F)c1ccc(Oc2ccccc2OCCCNCSc2ccc(Cl)cc2)cc1. The van der Waals surface area contributed by atoms with Gasteiger partial charge in [0, 0.05) is 15.8 Å². The van der Waals surface area contributed by atoms with E-state index in [9.17, 15) is 13.2 Å². The van der Waals surface area contributed by atoms with Crippen LogP contribution in [0.5, 0.6) is 17.2 Å². The zero-order valence-corrected chi connectivity index (χ0v) is 18.1. The second-order valence-electron chi connectivity index (χ2n) is 6.52. The summed E-state index contributed by atoms with van der Waals surface area (Å²) < 4.78 is 49.6. The zero-order chi connectivity index (χ0) is 22.1. The van der Waals surface area contributed by atoms with E-state index in [2.05, 4.69) is 5.32 Å². The summed E-state index contributed by atoms with van der Waals surface area (Å²) in [6.07, 6.45) is -3.59. The molecule has 0 fully saturated rings. The Labute approximate surface area is 188 Å². The highest BCUT2D eigenvalue weighted by atomic mass is 35.5. The second-order valence-corrected chi connectivity index (χ2v) is 8.00. The Morgan fingerprint density at radius 3 is 2.23 bits per heavy atom. The molecule has 0 unspecified atom stereocenters. The van der Waals surface area contributed by atoms with E-state index in [1.165, 1.54) is 12.1 Å². The number of para-hydroxylation sites is 2. The molecule has 3 rings (SSSR count). The van der Waals surface area contributed by atoms with Crippen LogP contribution in [0.15, 0.2) is 77.7 Å². The van der Waals surface area contributed by atoms with Crippen LogP contribution in [0.25, 0.3) is 0 Å². The van der Waals surface area contributed by atoms with E-state index in [0.29, 0.717) is 23.9 Å². The first-order chi connectivity index (χ1) is 14.9. The van der Waals surface area contributed by atoms with Crippen molar-refractivity contribution in [2.24, 2.45) is 0 Å². The molecule has 0 saturated carbocycles. The Morgan fingerprint density at radius 1 is 0.871 bits per heavy atom. The van der Waals surface area contributed by atoms with Crippen LogP contribution >= 0.6 is 23.4 Å². The Hall–Kier alpha value is -2.35. The minimum Gasteiger partial charge on any atom is -0.490 e. The summed E-state index contributed by atoms with van der Waals surface area (Å²) in [7, 11) is 0. The van der Waals surface area contributed by atoms with Crippen LogP contribution in [0.1, 0.15) is 12.0 Å². The van der Waals surface area contributed by atoms with E-state index in [1.807, 2.05) is 30.3 Å². The first kappa shape index (κ1) is 23.3. The quantitative estimate of drug-likeness (QED) is 0.193. The summed E-state index contributed by atoms with van der Waals surface area (Å²) >= 11 is 7.56. The average Bonchev–Trinajstić information content (AvgIpc) is 2.75. The van der Waals surface area contributed by atoms with Gasteiger partial charge >= 0.3 is 6.18 Å². The smallest absolute Gasteiger partial charge is 0.416 e. The van der Waals surface area contributed by atoms with Crippen molar-refractivity contribution < 1.29 is 22.6 Å². The maximum atomic E-state index is 12.7. The van der Waals surface area contributed by atoms with Gasteiger partial charge in [-0.15, -0.1) is 11.8 Å². The fourth-order valence-corrected chi connectivity index (χ4v) is 3.48. The van der Waals surface area contributed by atoms with E-state index in [0.717, 1.165) is 40.9 Å². The van der Waals surface area contributed by atoms with Crippen LogP contribution in [0.2, 0.25) is 5.02 Å². The first-order valence-electron chi connectivity index (χ1n) is 9.58. The molecule has 0 aromatic heterocycles. The van der Waals surface area contributed by atoms with E-state index < -0.39 is 11.7 Å². The second kappa shape index (κ2) is 11.3. The third-order valence-corrected chi connectivity index (χ3v) is 5.37. The fourth-order valence-electron chi connectivity index (χ4n) is 2.61. The molecule has 8 heteroatoms. The number of nitrogens with one attached hydrogen (secondary N) is 1. The summed E-state index contributed by atoms with van der Waals surface area (Å²) in [5.74, 6) is 2.08. The molecular formula is C23H21ClF3NO2S. The standard InChI is InChI=1S/C23H21ClF3NO2S/c24-18-8-12-20(13-9-18)31-16-28-14-3-15-29-21-4-1-2-5-22(21)30-19-10-6-17(7-11-19)23(25,26)27/h1-2,4-13,28H,3,14-16H2. The van der Waals surface area contributed by atoms with Crippen LogP contribution in [0.3, 0.4) is 0 Å². The zero-order valence-electron chi connectivity index (χ0n) is 16.5. The van der Waals surface area contributed by atoms with Crippen LogP contribution in [0, 0.1) is 0 Å². The molecule has 0 spiro atoms. The lowest BCUT2D eigenvalue weighted by Crippen LogP contribution is -2.16. The van der Waals surface area contributed by atoms with Gasteiger partial charge in [-0.3, -0.25) is 0 Å². The van der Waals surface area contributed by atoms with Crippen molar-refractivity contribution in [3.8, 4) is 17.2 Å². The maximum Gasteiger partial charge on any atom is 0.416 e. The molecule has 1 N–H and O–H groups in total. The van der Waals surface area contributed by atoms with Crippen molar-refractivity contribution in [1.82, 2.24) is 5.32 Å². The summed E-state index contributed by atoms with van der Waals surface area (Å²) in [6, 6.07) is 19.3. The molecule has 164 valence electrons. The normalized spacial score (nSPS) is 11.4. The molecule has 0 saturated heterocycles. The molecule has 3 nitrogen and oxygen atoms in total. The van der Waals surface area contributed by atoms with E-state index >= 15 is 0 Å². The van der Waals surface area contributed by atoms with Crippen molar-refractivity contribution in [1.29, 1.82) is 0 Å². The number of hydrogen-bond acceptors (Lipinski definition) is 4. The summed E-state index contributed by atoms with van der Waals surface area (Å²) in [4.78, 5) is 1.14. The average molecular weight is 468 g/mol. The molecule has 0 bridgehead atoms. The molecule has 0 aliphatic carbocycles. The number of ether oxygens (including phenoxy) is 2.